The van der Waals surface area contributed by atoms with E-state index < -0.39 is 0 Å². The first kappa shape index (κ1) is 25.0. The fourth-order valence-corrected chi connectivity index (χ4v) is 4.02. The van der Waals surface area contributed by atoms with Crippen LogP contribution in [0.2, 0.25) is 0 Å². The number of nitrogens with one attached hydrogen (secondary N) is 1. The number of anilines is 1. The van der Waals surface area contributed by atoms with Crippen LogP contribution in [0.5, 0.6) is 23.0 Å². The Balaban J connectivity index is 1.34. The van der Waals surface area contributed by atoms with E-state index in [0.29, 0.717) is 62.3 Å². The Morgan fingerprint density at radius 1 is 0.972 bits per heavy atom. The van der Waals surface area contributed by atoms with Crippen molar-refractivity contribution in [2.75, 3.05) is 59.4 Å². The van der Waals surface area contributed by atoms with Crippen LogP contribution in [0.4, 0.5) is 10.5 Å². The summed E-state index contributed by atoms with van der Waals surface area (Å²) in [6, 6.07) is 10.9. The van der Waals surface area contributed by atoms with Crippen LogP contribution in [0, 0.1) is 0 Å². The van der Waals surface area contributed by atoms with Gasteiger partial charge < -0.3 is 29.2 Å². The van der Waals surface area contributed by atoms with E-state index in [1.54, 1.807) is 21.7 Å². The maximum atomic E-state index is 12.9. The molecular formula is C24H31N7O5. The quantitative estimate of drug-likeness (QED) is 0.476. The number of carbonyl (C=O) groups is 1. The van der Waals surface area contributed by atoms with E-state index in [-0.39, 0.29) is 6.03 Å². The highest BCUT2D eigenvalue weighted by Gasteiger charge is 2.24. The van der Waals surface area contributed by atoms with Crippen molar-refractivity contribution in [3.05, 3.63) is 42.2 Å². The molecule has 1 aliphatic heterocycles. The van der Waals surface area contributed by atoms with E-state index >= 15 is 0 Å². The predicted octanol–water partition coefficient (Wildman–Crippen LogP) is 2.44. The second-order valence-corrected chi connectivity index (χ2v) is 8.04. The summed E-state index contributed by atoms with van der Waals surface area (Å²) < 4.78 is 23.3. The van der Waals surface area contributed by atoms with Gasteiger partial charge >= 0.3 is 6.03 Å². The van der Waals surface area contributed by atoms with E-state index in [0.717, 1.165) is 17.3 Å². The lowest BCUT2D eigenvalue weighted by Crippen LogP contribution is -2.49. The van der Waals surface area contributed by atoms with Crippen molar-refractivity contribution in [1.82, 2.24) is 30.0 Å². The molecular weight excluding hydrogens is 466 g/mol. The van der Waals surface area contributed by atoms with Crippen LogP contribution in [-0.4, -0.2) is 90.2 Å². The minimum absolute atomic E-state index is 0.192. The van der Waals surface area contributed by atoms with Gasteiger partial charge in [0.15, 0.2) is 17.3 Å². The molecule has 36 heavy (non-hydrogen) atoms. The van der Waals surface area contributed by atoms with Crippen LogP contribution in [0.3, 0.4) is 0 Å². The second kappa shape index (κ2) is 11.6. The number of amides is 2. The highest BCUT2D eigenvalue weighted by atomic mass is 16.5. The standard InChI is InChI=1S/C24H31N7O5/c1-5-36-19-8-6-18(7-9-19)31-22(26-27-28-31)16-29-10-12-30(13-11-29)24(32)25-17-14-20(33-2)23(35-4)21(15-17)34-3/h6-9,14-15H,5,10-13,16H2,1-4H3,(H,25,32). The maximum absolute atomic E-state index is 12.9. The zero-order chi connectivity index (χ0) is 25.5. The number of urea groups is 1. The molecule has 0 unspecified atom stereocenters. The average Bonchev–Trinajstić information content (AvgIpc) is 3.37. The van der Waals surface area contributed by atoms with Crippen LogP contribution in [0.15, 0.2) is 36.4 Å². The van der Waals surface area contributed by atoms with Crippen molar-refractivity contribution in [1.29, 1.82) is 0 Å². The number of aromatic nitrogens is 4. The number of rotatable bonds is 9. The van der Waals surface area contributed by atoms with Gasteiger partial charge in [-0.1, -0.05) is 0 Å². The lowest BCUT2D eigenvalue weighted by Gasteiger charge is -2.34. The molecule has 0 spiro atoms. The molecule has 0 aliphatic carbocycles. The van der Waals surface area contributed by atoms with Crippen molar-refractivity contribution < 1.29 is 23.7 Å². The summed E-state index contributed by atoms with van der Waals surface area (Å²) in [6.45, 7) is 5.66. The fourth-order valence-electron chi connectivity index (χ4n) is 4.02. The Morgan fingerprint density at radius 2 is 1.64 bits per heavy atom. The molecule has 0 saturated carbocycles. The molecule has 12 heteroatoms. The number of ether oxygens (including phenoxy) is 4. The summed E-state index contributed by atoms with van der Waals surface area (Å²) in [4.78, 5) is 16.9. The molecule has 0 radical (unpaired) electrons. The molecule has 0 atom stereocenters. The van der Waals surface area contributed by atoms with Crippen molar-refractivity contribution in [2.45, 2.75) is 13.5 Å². The number of piperazine rings is 1. The average molecular weight is 498 g/mol. The Labute approximate surface area is 209 Å². The molecule has 192 valence electrons. The van der Waals surface area contributed by atoms with Gasteiger partial charge in [-0.25, -0.2) is 4.79 Å². The van der Waals surface area contributed by atoms with Gasteiger partial charge in [-0.15, -0.1) is 5.10 Å². The van der Waals surface area contributed by atoms with Gasteiger partial charge in [0.05, 0.1) is 45.9 Å². The number of benzene rings is 2. The number of carbonyl (C=O) groups excluding carboxylic acids is 1. The predicted molar refractivity (Wildman–Crippen MR) is 132 cm³/mol. The van der Waals surface area contributed by atoms with Gasteiger partial charge in [0, 0.05) is 38.3 Å². The summed E-state index contributed by atoms with van der Waals surface area (Å²) in [5.41, 5.74) is 1.42. The first-order valence-electron chi connectivity index (χ1n) is 11.6. The van der Waals surface area contributed by atoms with Crippen molar-refractivity contribution in [3.63, 3.8) is 0 Å². The maximum Gasteiger partial charge on any atom is 0.321 e. The number of tetrazole rings is 1. The number of hydrogen-bond donors (Lipinski definition) is 1. The third kappa shape index (κ3) is 5.60. The van der Waals surface area contributed by atoms with E-state index in [4.69, 9.17) is 18.9 Å². The van der Waals surface area contributed by atoms with E-state index in [1.807, 2.05) is 31.2 Å². The first-order valence-corrected chi connectivity index (χ1v) is 11.6. The van der Waals surface area contributed by atoms with Gasteiger partial charge in [-0.2, -0.15) is 4.68 Å². The van der Waals surface area contributed by atoms with E-state index in [9.17, 15) is 4.79 Å². The summed E-state index contributed by atoms with van der Waals surface area (Å²) in [5, 5.41) is 15.1. The summed E-state index contributed by atoms with van der Waals surface area (Å²) in [7, 11) is 4.61. The molecule has 4 rings (SSSR count). The van der Waals surface area contributed by atoms with Gasteiger partial charge in [0.2, 0.25) is 5.75 Å². The topological polar surface area (TPSA) is 116 Å². The third-order valence-electron chi connectivity index (χ3n) is 5.87. The zero-order valence-electron chi connectivity index (χ0n) is 20.9. The molecule has 0 bridgehead atoms. The Bertz CT molecular complexity index is 1130. The molecule has 2 aromatic carbocycles. The molecule has 2 amide bonds. The minimum Gasteiger partial charge on any atom is -0.494 e. The van der Waals surface area contributed by atoms with Gasteiger partial charge in [-0.05, 0) is 41.6 Å². The highest BCUT2D eigenvalue weighted by Crippen LogP contribution is 2.40. The number of nitrogens with zero attached hydrogens (tertiary/aromatic N) is 6. The third-order valence-corrected chi connectivity index (χ3v) is 5.87. The molecule has 1 saturated heterocycles. The van der Waals surface area contributed by atoms with E-state index in [1.165, 1.54) is 21.3 Å². The van der Waals surface area contributed by atoms with Crippen LogP contribution >= 0.6 is 0 Å². The summed E-state index contributed by atoms with van der Waals surface area (Å²) in [5.74, 6) is 2.95. The fraction of sp³-hybridized carbons (Fsp3) is 0.417. The molecule has 3 aromatic rings. The smallest absolute Gasteiger partial charge is 0.321 e. The minimum atomic E-state index is -0.192. The molecule has 2 heterocycles. The van der Waals surface area contributed by atoms with Crippen LogP contribution in [-0.2, 0) is 6.54 Å². The normalized spacial score (nSPS) is 13.8. The van der Waals surface area contributed by atoms with Crippen LogP contribution in [0.1, 0.15) is 12.7 Å². The number of hydrogen-bond acceptors (Lipinski definition) is 9. The highest BCUT2D eigenvalue weighted by molar-refractivity contribution is 5.90. The first-order chi connectivity index (χ1) is 17.6. The van der Waals surface area contributed by atoms with Crippen LogP contribution < -0.4 is 24.3 Å². The Hall–Kier alpha value is -4.06. The molecule has 1 N–H and O–H groups in total. The van der Waals surface area contributed by atoms with E-state index in [2.05, 4.69) is 25.7 Å². The number of methoxy groups -OCH3 is 3. The lowest BCUT2D eigenvalue weighted by molar-refractivity contribution is 0.140. The van der Waals surface area contributed by atoms with Crippen molar-refractivity contribution in [2.24, 2.45) is 0 Å². The van der Waals surface area contributed by atoms with Gasteiger partial charge in [-0.3, -0.25) is 4.90 Å². The van der Waals surface area contributed by atoms with Crippen LogP contribution in [0.25, 0.3) is 5.69 Å². The Kier molecular flexibility index (Phi) is 8.06. The van der Waals surface area contributed by atoms with Crippen molar-refractivity contribution in [3.8, 4) is 28.7 Å². The monoisotopic (exact) mass is 497 g/mol. The largest absolute Gasteiger partial charge is 0.494 e. The summed E-state index contributed by atoms with van der Waals surface area (Å²) in [6.07, 6.45) is 0. The SMILES string of the molecule is CCOc1ccc(-n2nnnc2CN2CCN(C(=O)Nc3cc(OC)c(OC)c(OC)c3)CC2)cc1. The summed E-state index contributed by atoms with van der Waals surface area (Å²) >= 11 is 0. The molecule has 1 aromatic heterocycles. The zero-order valence-corrected chi connectivity index (χ0v) is 20.9. The molecule has 12 nitrogen and oxygen atoms in total. The molecule has 1 aliphatic rings. The lowest BCUT2D eigenvalue weighted by atomic mass is 10.2. The second-order valence-electron chi connectivity index (χ2n) is 8.04. The van der Waals surface area contributed by atoms with Gasteiger partial charge in [0.1, 0.15) is 5.75 Å². The molecule has 1 fully saturated rings. The van der Waals surface area contributed by atoms with Gasteiger partial charge in [0.25, 0.3) is 0 Å². The van der Waals surface area contributed by atoms with Crippen molar-refractivity contribution >= 4 is 11.7 Å². The Morgan fingerprint density at radius 3 is 2.22 bits per heavy atom.